The average Bonchev–Trinajstić information content (AvgIpc) is 2.72. The summed E-state index contributed by atoms with van der Waals surface area (Å²) < 4.78 is 5.15. The maximum absolute atomic E-state index is 10.9. The van der Waals surface area contributed by atoms with E-state index in [1.54, 1.807) is 7.11 Å². The fraction of sp³-hybridized carbons (Fsp3) is 0.909. The lowest BCUT2D eigenvalue weighted by Crippen LogP contribution is -2.30. The summed E-state index contributed by atoms with van der Waals surface area (Å²) in [6, 6.07) is 0. The molecule has 0 aromatic rings. The third-order valence-corrected chi connectivity index (χ3v) is 3.06. The van der Waals surface area contributed by atoms with E-state index in [-0.39, 0.29) is 5.91 Å². The van der Waals surface area contributed by atoms with Crippen molar-refractivity contribution in [3.8, 4) is 0 Å². The van der Waals surface area contributed by atoms with Gasteiger partial charge in [0, 0.05) is 20.1 Å². The Morgan fingerprint density at radius 2 is 2.38 bits per heavy atom. The third kappa shape index (κ3) is 4.92. The number of unbranched alkanes of at least 4 members (excludes halogenated alkanes) is 1. The van der Waals surface area contributed by atoms with E-state index in [2.05, 4.69) is 10.3 Å². The van der Waals surface area contributed by atoms with Gasteiger partial charge in [0.25, 0.3) is 0 Å². The molecular weight excluding hydrogens is 206 g/mol. The largest absolute Gasteiger partial charge is 0.384 e. The number of hydrogen-bond acceptors (Lipinski definition) is 4. The number of nitrogens with zero attached hydrogens (tertiary/aromatic N) is 1. The fourth-order valence-electron chi connectivity index (χ4n) is 2.18. The topological polar surface area (TPSA) is 67.6 Å². The van der Waals surface area contributed by atoms with E-state index in [9.17, 15) is 4.79 Å². The molecule has 0 bridgehead atoms. The van der Waals surface area contributed by atoms with Gasteiger partial charge in [-0.25, -0.2) is 5.84 Å². The van der Waals surface area contributed by atoms with Crippen LogP contribution in [0.4, 0.5) is 0 Å². The maximum atomic E-state index is 10.9. The van der Waals surface area contributed by atoms with Crippen molar-refractivity contribution < 1.29 is 9.53 Å². The summed E-state index contributed by atoms with van der Waals surface area (Å²) in [6.45, 7) is 4.25. The molecule has 1 amide bonds. The van der Waals surface area contributed by atoms with E-state index in [1.807, 2.05) is 0 Å². The molecule has 1 aliphatic rings. The zero-order valence-corrected chi connectivity index (χ0v) is 10.1. The first-order chi connectivity index (χ1) is 7.76. The van der Waals surface area contributed by atoms with Crippen LogP contribution in [-0.4, -0.2) is 44.2 Å². The second kappa shape index (κ2) is 7.60. The molecule has 3 N–H and O–H groups in total. The summed E-state index contributed by atoms with van der Waals surface area (Å²) in [5.74, 6) is 5.63. The molecule has 1 saturated heterocycles. The molecule has 1 atom stereocenters. The van der Waals surface area contributed by atoms with Gasteiger partial charge in [-0.05, 0) is 38.3 Å². The summed E-state index contributed by atoms with van der Waals surface area (Å²) in [5.41, 5.74) is 2.15. The Kier molecular flexibility index (Phi) is 6.37. The zero-order valence-electron chi connectivity index (χ0n) is 10.1. The molecule has 0 aliphatic carbocycles. The summed E-state index contributed by atoms with van der Waals surface area (Å²) in [7, 11) is 1.76. The van der Waals surface area contributed by atoms with E-state index >= 15 is 0 Å². The standard InChI is InChI=1S/C11H23N3O2/c1-16-9-10-5-7-14(8-10)6-3-2-4-11(15)13-12/h10H,2-9,12H2,1H3,(H,13,15). The first-order valence-electron chi connectivity index (χ1n) is 5.97. The number of hydrazine groups is 1. The highest BCUT2D eigenvalue weighted by Crippen LogP contribution is 2.16. The lowest BCUT2D eigenvalue weighted by atomic mass is 10.1. The van der Waals surface area contributed by atoms with E-state index in [0.29, 0.717) is 12.3 Å². The molecule has 16 heavy (non-hydrogen) atoms. The Labute approximate surface area is 97.3 Å². The smallest absolute Gasteiger partial charge is 0.233 e. The number of likely N-dealkylation sites (tertiary alicyclic amines) is 1. The van der Waals surface area contributed by atoms with Gasteiger partial charge in [-0.1, -0.05) is 0 Å². The van der Waals surface area contributed by atoms with Crippen molar-refractivity contribution in [2.45, 2.75) is 25.7 Å². The summed E-state index contributed by atoms with van der Waals surface area (Å²) in [6.07, 6.45) is 3.74. The number of methoxy groups -OCH3 is 1. The fourth-order valence-corrected chi connectivity index (χ4v) is 2.18. The quantitative estimate of drug-likeness (QED) is 0.281. The van der Waals surface area contributed by atoms with Gasteiger partial charge in [0.2, 0.25) is 5.91 Å². The molecule has 5 heteroatoms. The highest BCUT2D eigenvalue weighted by Gasteiger charge is 2.21. The molecule has 1 rings (SSSR count). The number of hydrogen-bond donors (Lipinski definition) is 2. The molecule has 1 unspecified atom stereocenters. The van der Waals surface area contributed by atoms with Crippen molar-refractivity contribution in [2.75, 3.05) is 33.4 Å². The van der Waals surface area contributed by atoms with Crippen molar-refractivity contribution >= 4 is 5.91 Å². The van der Waals surface area contributed by atoms with Crippen LogP contribution < -0.4 is 11.3 Å². The van der Waals surface area contributed by atoms with Gasteiger partial charge in [0.1, 0.15) is 0 Å². The zero-order chi connectivity index (χ0) is 11.8. The number of rotatable bonds is 7. The molecule has 1 heterocycles. The van der Waals surface area contributed by atoms with Crippen molar-refractivity contribution in [2.24, 2.45) is 11.8 Å². The second-order valence-electron chi connectivity index (χ2n) is 4.44. The number of amides is 1. The number of nitrogens with two attached hydrogens (primary N) is 1. The molecule has 1 aliphatic heterocycles. The molecule has 0 radical (unpaired) electrons. The van der Waals surface area contributed by atoms with Gasteiger partial charge in [0.05, 0.1) is 6.61 Å². The molecule has 1 fully saturated rings. The minimum atomic E-state index is -0.0707. The minimum Gasteiger partial charge on any atom is -0.384 e. The third-order valence-electron chi connectivity index (χ3n) is 3.06. The first-order valence-corrected chi connectivity index (χ1v) is 5.97. The molecule has 0 aromatic heterocycles. The van der Waals surface area contributed by atoms with Gasteiger partial charge in [-0.2, -0.15) is 0 Å². The van der Waals surface area contributed by atoms with E-state index in [4.69, 9.17) is 10.6 Å². The van der Waals surface area contributed by atoms with Gasteiger partial charge in [-0.3, -0.25) is 10.2 Å². The molecule has 94 valence electrons. The van der Waals surface area contributed by atoms with Gasteiger partial charge in [0.15, 0.2) is 0 Å². The minimum absolute atomic E-state index is 0.0707. The first kappa shape index (κ1) is 13.4. The van der Waals surface area contributed by atoms with Gasteiger partial charge < -0.3 is 9.64 Å². The predicted octanol–water partition coefficient (Wildman–Crippen LogP) is 0.115. The van der Waals surface area contributed by atoms with Crippen LogP contribution in [0.1, 0.15) is 25.7 Å². The lowest BCUT2D eigenvalue weighted by Gasteiger charge is -2.15. The van der Waals surface area contributed by atoms with Crippen LogP contribution in [0.25, 0.3) is 0 Å². The Balaban J connectivity index is 2.00. The van der Waals surface area contributed by atoms with Gasteiger partial charge in [-0.15, -0.1) is 0 Å². The molecule has 0 saturated carbocycles. The number of ether oxygens (including phenoxy) is 1. The normalized spacial score (nSPS) is 21.2. The Hall–Kier alpha value is -0.650. The maximum Gasteiger partial charge on any atom is 0.233 e. The van der Waals surface area contributed by atoms with Crippen LogP contribution in [0.15, 0.2) is 0 Å². The highest BCUT2D eigenvalue weighted by atomic mass is 16.5. The predicted molar refractivity (Wildman–Crippen MR) is 62.6 cm³/mol. The summed E-state index contributed by atoms with van der Waals surface area (Å²) in [5, 5.41) is 0. The summed E-state index contributed by atoms with van der Waals surface area (Å²) >= 11 is 0. The number of carbonyl (C=O) groups excluding carboxylic acids is 1. The average molecular weight is 229 g/mol. The van der Waals surface area contributed by atoms with Crippen LogP contribution in [0.2, 0.25) is 0 Å². The van der Waals surface area contributed by atoms with Crippen molar-refractivity contribution in [1.29, 1.82) is 0 Å². The molecule has 5 nitrogen and oxygen atoms in total. The van der Waals surface area contributed by atoms with Crippen LogP contribution in [0, 0.1) is 5.92 Å². The van der Waals surface area contributed by atoms with Crippen LogP contribution in [0.5, 0.6) is 0 Å². The lowest BCUT2D eigenvalue weighted by molar-refractivity contribution is -0.121. The van der Waals surface area contributed by atoms with Crippen molar-refractivity contribution in [1.82, 2.24) is 10.3 Å². The Bertz CT molecular complexity index is 211. The van der Waals surface area contributed by atoms with Gasteiger partial charge >= 0.3 is 0 Å². The highest BCUT2D eigenvalue weighted by molar-refractivity contribution is 5.75. The summed E-state index contributed by atoms with van der Waals surface area (Å²) in [4.78, 5) is 13.3. The van der Waals surface area contributed by atoms with Crippen LogP contribution in [0.3, 0.4) is 0 Å². The monoisotopic (exact) mass is 229 g/mol. The van der Waals surface area contributed by atoms with E-state index < -0.39 is 0 Å². The van der Waals surface area contributed by atoms with Crippen LogP contribution >= 0.6 is 0 Å². The Morgan fingerprint density at radius 3 is 3.06 bits per heavy atom. The molecule has 0 aromatic carbocycles. The molecule has 0 spiro atoms. The van der Waals surface area contributed by atoms with Crippen LogP contribution in [-0.2, 0) is 9.53 Å². The van der Waals surface area contributed by atoms with E-state index in [1.165, 1.54) is 6.42 Å². The van der Waals surface area contributed by atoms with Crippen molar-refractivity contribution in [3.05, 3.63) is 0 Å². The second-order valence-corrected chi connectivity index (χ2v) is 4.44. The number of nitrogens with one attached hydrogen (secondary N) is 1. The van der Waals surface area contributed by atoms with Crippen molar-refractivity contribution in [3.63, 3.8) is 0 Å². The Morgan fingerprint density at radius 1 is 1.56 bits per heavy atom. The molecular formula is C11H23N3O2. The number of carbonyl (C=O) groups is 1. The van der Waals surface area contributed by atoms with E-state index in [0.717, 1.165) is 39.1 Å². The SMILES string of the molecule is COCC1CCN(CCCCC(=O)NN)C1.